The summed E-state index contributed by atoms with van der Waals surface area (Å²) in [5.74, 6) is 2.72. The molecular weight excluding hydrogens is 491 g/mol. The van der Waals surface area contributed by atoms with E-state index < -0.39 is 0 Å². The Kier molecular flexibility index (Phi) is 6.62. The van der Waals surface area contributed by atoms with Crippen molar-refractivity contribution in [3.8, 4) is 11.5 Å². The third kappa shape index (κ3) is 4.90. The molecule has 1 aromatic heterocycles. The minimum atomic E-state index is -0.376. The molecule has 0 spiro atoms. The minimum Gasteiger partial charge on any atom is -0.493 e. The van der Waals surface area contributed by atoms with E-state index in [1.54, 1.807) is 19.2 Å². The summed E-state index contributed by atoms with van der Waals surface area (Å²) >= 11 is 3.28. The van der Waals surface area contributed by atoms with Crippen LogP contribution >= 0.6 is 15.9 Å². The number of anilines is 2. The number of rotatable bonds is 8. The lowest BCUT2D eigenvalue weighted by atomic mass is 10.0. The number of methoxy groups -OCH3 is 1. The molecule has 2 aliphatic rings. The lowest BCUT2D eigenvalue weighted by Crippen LogP contribution is -2.25. The van der Waals surface area contributed by atoms with Gasteiger partial charge in [-0.3, -0.25) is 0 Å². The van der Waals surface area contributed by atoms with Gasteiger partial charge in [0.15, 0.2) is 11.5 Å². The molecule has 0 radical (unpaired) electrons. The highest BCUT2D eigenvalue weighted by molar-refractivity contribution is 9.10. The van der Waals surface area contributed by atoms with Gasteiger partial charge in [-0.2, -0.15) is 0 Å². The summed E-state index contributed by atoms with van der Waals surface area (Å²) in [5, 5.41) is 3.80. The first-order valence-corrected chi connectivity index (χ1v) is 11.9. The lowest BCUT2D eigenvalue weighted by molar-refractivity contribution is 0.152. The summed E-state index contributed by atoms with van der Waals surface area (Å²) in [7, 11) is 1.61. The van der Waals surface area contributed by atoms with E-state index in [-0.39, 0.29) is 5.82 Å². The Morgan fingerprint density at radius 2 is 1.97 bits per heavy atom. The molecule has 1 N–H and O–H groups in total. The molecule has 33 heavy (non-hydrogen) atoms. The van der Waals surface area contributed by atoms with E-state index in [4.69, 9.17) is 14.2 Å². The van der Waals surface area contributed by atoms with Gasteiger partial charge in [0.1, 0.15) is 18.0 Å². The van der Waals surface area contributed by atoms with E-state index in [0.717, 1.165) is 44.7 Å². The van der Waals surface area contributed by atoms with Gasteiger partial charge < -0.3 is 24.4 Å². The van der Waals surface area contributed by atoms with Crippen LogP contribution in [0.5, 0.6) is 11.5 Å². The van der Waals surface area contributed by atoms with Gasteiger partial charge in [0.25, 0.3) is 0 Å². The van der Waals surface area contributed by atoms with E-state index >= 15 is 0 Å². The topological polar surface area (TPSA) is 68.7 Å². The van der Waals surface area contributed by atoms with E-state index in [1.165, 1.54) is 12.4 Å². The maximum Gasteiger partial charge on any atom is 0.162 e. The number of halogens is 2. The zero-order chi connectivity index (χ0) is 22.8. The summed E-state index contributed by atoms with van der Waals surface area (Å²) in [4.78, 5) is 11.2. The molecule has 0 aliphatic carbocycles. The highest BCUT2D eigenvalue weighted by Gasteiger charge is 2.36. The smallest absolute Gasteiger partial charge is 0.162 e. The van der Waals surface area contributed by atoms with Crippen molar-refractivity contribution in [2.75, 3.05) is 51.9 Å². The number of likely N-dealkylation sites (tertiary alicyclic amines) is 1. The minimum absolute atomic E-state index is 0.331. The Bertz CT molecular complexity index is 1140. The molecule has 0 bridgehead atoms. The number of fused-ring (bicyclic) bond motifs is 2. The van der Waals surface area contributed by atoms with Crippen LogP contribution in [0, 0.1) is 17.7 Å². The quantitative estimate of drug-likeness (QED) is 0.437. The molecule has 2 aliphatic heterocycles. The molecular formula is C24H26BrFN4O3. The number of benzene rings is 2. The predicted octanol–water partition coefficient (Wildman–Crippen LogP) is 4.63. The second-order valence-electron chi connectivity index (χ2n) is 8.51. The molecule has 2 fully saturated rings. The Morgan fingerprint density at radius 3 is 2.73 bits per heavy atom. The first-order chi connectivity index (χ1) is 16.1. The normalized spacial score (nSPS) is 20.2. The van der Waals surface area contributed by atoms with Crippen molar-refractivity contribution in [1.29, 1.82) is 0 Å². The summed E-state index contributed by atoms with van der Waals surface area (Å²) in [6, 6.07) is 8.51. The van der Waals surface area contributed by atoms with Crippen molar-refractivity contribution in [1.82, 2.24) is 14.9 Å². The number of nitrogens with one attached hydrogen (secondary N) is 1. The largest absolute Gasteiger partial charge is 0.493 e. The highest BCUT2D eigenvalue weighted by Crippen LogP contribution is 2.35. The SMILES string of the molecule is COc1cc2ncnc(Nc3ccc(Br)cc3F)c2cc1OCCCN1CC2COCC2C1. The van der Waals surface area contributed by atoms with E-state index in [2.05, 4.69) is 36.1 Å². The summed E-state index contributed by atoms with van der Waals surface area (Å²) in [6.45, 7) is 5.60. The van der Waals surface area contributed by atoms with Gasteiger partial charge in [0.05, 0.1) is 38.1 Å². The molecule has 174 valence electrons. The molecule has 5 rings (SSSR count). The molecule has 2 aromatic carbocycles. The van der Waals surface area contributed by atoms with Crippen molar-refractivity contribution in [2.24, 2.45) is 11.8 Å². The van der Waals surface area contributed by atoms with Crippen LogP contribution in [0.25, 0.3) is 10.9 Å². The number of ether oxygens (including phenoxy) is 3. The van der Waals surface area contributed by atoms with Gasteiger partial charge >= 0.3 is 0 Å². The molecule has 7 nitrogen and oxygen atoms in total. The summed E-state index contributed by atoms with van der Waals surface area (Å²) in [6.07, 6.45) is 2.36. The molecule has 0 saturated carbocycles. The molecule has 3 heterocycles. The Balaban J connectivity index is 1.29. The van der Waals surface area contributed by atoms with Crippen molar-refractivity contribution >= 4 is 38.3 Å². The molecule has 3 aromatic rings. The maximum absolute atomic E-state index is 14.4. The van der Waals surface area contributed by atoms with Gasteiger partial charge in [-0.1, -0.05) is 15.9 Å². The predicted molar refractivity (Wildman–Crippen MR) is 128 cm³/mol. The van der Waals surface area contributed by atoms with Crippen LogP contribution in [0.2, 0.25) is 0 Å². The maximum atomic E-state index is 14.4. The van der Waals surface area contributed by atoms with Crippen LogP contribution in [-0.2, 0) is 4.74 Å². The first-order valence-electron chi connectivity index (χ1n) is 11.1. The van der Waals surface area contributed by atoms with E-state index in [0.29, 0.717) is 51.4 Å². The van der Waals surface area contributed by atoms with Crippen molar-refractivity contribution < 1.29 is 18.6 Å². The molecule has 9 heteroatoms. The zero-order valence-corrected chi connectivity index (χ0v) is 20.0. The van der Waals surface area contributed by atoms with Crippen LogP contribution in [0.15, 0.2) is 41.1 Å². The van der Waals surface area contributed by atoms with Crippen LogP contribution in [0.3, 0.4) is 0 Å². The highest BCUT2D eigenvalue weighted by atomic mass is 79.9. The van der Waals surface area contributed by atoms with Gasteiger partial charge in [0, 0.05) is 47.4 Å². The van der Waals surface area contributed by atoms with Gasteiger partial charge in [-0.15, -0.1) is 0 Å². The van der Waals surface area contributed by atoms with Crippen molar-refractivity contribution in [2.45, 2.75) is 6.42 Å². The second-order valence-corrected chi connectivity index (χ2v) is 9.43. The summed E-state index contributed by atoms with van der Waals surface area (Å²) < 4.78 is 32.2. The summed E-state index contributed by atoms with van der Waals surface area (Å²) in [5.41, 5.74) is 1.01. The number of aromatic nitrogens is 2. The Morgan fingerprint density at radius 1 is 1.15 bits per heavy atom. The van der Waals surface area contributed by atoms with Gasteiger partial charge in [-0.05, 0) is 30.7 Å². The van der Waals surface area contributed by atoms with Gasteiger partial charge in [-0.25, -0.2) is 14.4 Å². The average Bonchev–Trinajstić information content (AvgIpc) is 3.40. The fourth-order valence-corrected chi connectivity index (χ4v) is 4.92. The Hall–Kier alpha value is -2.49. The van der Waals surface area contributed by atoms with Crippen LogP contribution in [0.1, 0.15) is 6.42 Å². The third-order valence-corrected chi connectivity index (χ3v) is 6.79. The standard InChI is InChI=1S/C24H26BrFN4O3/c1-31-22-9-21-18(24(28-14-27-21)29-20-4-3-17(25)7-19(20)26)8-23(22)33-6-2-5-30-10-15-12-32-13-16(15)11-30/h3-4,7-9,14-16H,2,5-6,10-13H2,1H3,(H,27,28,29). The van der Waals surface area contributed by atoms with Crippen molar-refractivity contribution in [3.63, 3.8) is 0 Å². The first kappa shape index (κ1) is 22.3. The number of hydrogen-bond donors (Lipinski definition) is 1. The average molecular weight is 517 g/mol. The van der Waals surface area contributed by atoms with E-state index in [1.807, 2.05) is 12.1 Å². The fourth-order valence-electron chi connectivity index (χ4n) is 4.59. The number of nitrogens with zero attached hydrogens (tertiary/aromatic N) is 3. The van der Waals surface area contributed by atoms with Crippen molar-refractivity contribution in [3.05, 3.63) is 46.9 Å². The monoisotopic (exact) mass is 516 g/mol. The Labute approximate surface area is 200 Å². The molecule has 2 atom stereocenters. The number of hydrogen-bond acceptors (Lipinski definition) is 7. The molecule has 2 saturated heterocycles. The second kappa shape index (κ2) is 9.79. The zero-order valence-electron chi connectivity index (χ0n) is 18.4. The van der Waals surface area contributed by atoms with Crippen LogP contribution in [0.4, 0.5) is 15.9 Å². The van der Waals surface area contributed by atoms with Crippen LogP contribution in [-0.4, -0.2) is 61.4 Å². The van der Waals surface area contributed by atoms with Crippen LogP contribution < -0.4 is 14.8 Å². The fraction of sp³-hybridized carbons (Fsp3) is 0.417. The van der Waals surface area contributed by atoms with E-state index in [9.17, 15) is 4.39 Å². The third-order valence-electron chi connectivity index (χ3n) is 6.30. The molecule has 2 unspecified atom stereocenters. The molecule has 0 amide bonds. The lowest BCUT2D eigenvalue weighted by Gasteiger charge is -2.17. The van der Waals surface area contributed by atoms with Gasteiger partial charge in [0.2, 0.25) is 0 Å².